The summed E-state index contributed by atoms with van der Waals surface area (Å²) >= 11 is 0. The van der Waals surface area contributed by atoms with Crippen LogP contribution in [0.3, 0.4) is 0 Å². The number of carbonyl (C=O) groups is 4. The second-order valence-corrected chi connectivity index (χ2v) is 16.1. The maximum absolute atomic E-state index is 14.4. The summed E-state index contributed by atoms with van der Waals surface area (Å²) in [6.07, 6.45) is -0.322. The molecule has 4 N–H and O–H groups in total. The van der Waals surface area contributed by atoms with E-state index in [2.05, 4.69) is 10.6 Å². The Morgan fingerprint density at radius 2 is 1.50 bits per heavy atom. The van der Waals surface area contributed by atoms with Crippen LogP contribution in [0.15, 0.2) is 30.3 Å². The third-order valence-corrected chi connectivity index (χ3v) is 11.4. The number of hydrogen-bond acceptors (Lipinski definition) is 9. The Kier molecular flexibility index (Phi) is 19.0. The molecule has 1 aromatic carbocycles. The second-order valence-electron chi connectivity index (χ2n) is 16.1. The van der Waals surface area contributed by atoms with Crippen molar-refractivity contribution in [3.8, 4) is 0 Å². The van der Waals surface area contributed by atoms with Gasteiger partial charge < -0.3 is 40.4 Å². The van der Waals surface area contributed by atoms with E-state index in [9.17, 15) is 19.2 Å². The van der Waals surface area contributed by atoms with Crippen molar-refractivity contribution in [1.29, 1.82) is 0 Å². The highest BCUT2D eigenvalue weighted by Gasteiger charge is 2.46. The standard InChI is InChI=1S/C41H72N6O7/c1-15-26(6)37(46(11)41(51)35(24(2)3)44-40(50)36(25(4)5)45(9)10)32(53-13)22-33(48)47-23-30(52-12)21-31(47)38(54-14)27(7)39(49)43-28(8)34(42)29-19-17-16-18-20-29/h16-20,24-28,30-32,34-38H,15,21-23,42H2,1-14H3,(H,43,49)(H,44,50)/t26?,27-,28+,30-,31+,32-,34?,35?,36+,37+,38-/m1/s1. The Bertz CT molecular complexity index is 1320. The van der Waals surface area contributed by atoms with Crippen LogP contribution in [0.1, 0.15) is 86.3 Å². The zero-order valence-corrected chi connectivity index (χ0v) is 35.5. The van der Waals surface area contributed by atoms with Gasteiger partial charge in [-0.05, 0) is 50.8 Å². The molecular formula is C41H72N6O7. The van der Waals surface area contributed by atoms with E-state index >= 15 is 0 Å². The van der Waals surface area contributed by atoms with E-state index in [4.69, 9.17) is 19.9 Å². The van der Waals surface area contributed by atoms with Crippen molar-refractivity contribution < 1.29 is 33.4 Å². The number of likely N-dealkylation sites (tertiary alicyclic amines) is 1. The van der Waals surface area contributed by atoms with Gasteiger partial charge in [-0.3, -0.25) is 24.1 Å². The van der Waals surface area contributed by atoms with Crippen molar-refractivity contribution in [2.45, 2.75) is 129 Å². The van der Waals surface area contributed by atoms with Gasteiger partial charge in [0.25, 0.3) is 0 Å². The molecule has 0 aliphatic carbocycles. The van der Waals surface area contributed by atoms with Gasteiger partial charge in [0.05, 0.1) is 48.8 Å². The first-order valence-corrected chi connectivity index (χ1v) is 19.6. The summed E-state index contributed by atoms with van der Waals surface area (Å²) in [5.41, 5.74) is 7.40. The molecule has 1 saturated heterocycles. The monoisotopic (exact) mass is 761 g/mol. The summed E-state index contributed by atoms with van der Waals surface area (Å²) in [7, 11) is 10.2. The Hall–Kier alpha value is -3.10. The molecule has 1 aromatic rings. The number of benzene rings is 1. The molecule has 1 heterocycles. The maximum atomic E-state index is 14.4. The van der Waals surface area contributed by atoms with Crippen molar-refractivity contribution in [3.05, 3.63) is 35.9 Å². The van der Waals surface area contributed by atoms with Crippen LogP contribution >= 0.6 is 0 Å². The molecule has 2 rings (SSSR count). The van der Waals surface area contributed by atoms with E-state index in [-0.39, 0.29) is 59.9 Å². The molecular weight excluding hydrogens is 688 g/mol. The number of nitrogens with zero attached hydrogens (tertiary/aromatic N) is 3. The van der Waals surface area contributed by atoms with Crippen LogP contribution in [0.25, 0.3) is 0 Å². The van der Waals surface area contributed by atoms with Crippen molar-refractivity contribution in [1.82, 2.24) is 25.3 Å². The summed E-state index contributed by atoms with van der Waals surface area (Å²) < 4.78 is 17.8. The van der Waals surface area contributed by atoms with E-state index < -0.39 is 48.3 Å². The van der Waals surface area contributed by atoms with Gasteiger partial charge in [-0.2, -0.15) is 0 Å². The third-order valence-electron chi connectivity index (χ3n) is 11.4. The average Bonchev–Trinajstić information content (AvgIpc) is 3.57. The SMILES string of the molecule is CCC(C)[C@@H]([C@@H](CC(=O)N1C[C@H](OC)C[C@H]1[C@H](OC)[C@@H](C)C(=O)N[C@@H](C)C(N)c1ccccc1)OC)N(C)C(=O)C(NC(=O)[C@H](C(C)C)N(C)C)C(C)C. The quantitative estimate of drug-likeness (QED) is 0.171. The normalized spacial score (nSPS) is 21.2. The van der Waals surface area contributed by atoms with E-state index in [1.54, 1.807) is 45.1 Å². The summed E-state index contributed by atoms with van der Waals surface area (Å²) in [5.74, 6) is -1.64. The zero-order valence-electron chi connectivity index (χ0n) is 35.5. The largest absolute Gasteiger partial charge is 0.380 e. The number of likely N-dealkylation sites (N-methyl/N-ethyl adjacent to an activating group) is 2. The lowest BCUT2D eigenvalue weighted by Gasteiger charge is -2.41. The molecule has 13 heteroatoms. The summed E-state index contributed by atoms with van der Waals surface area (Å²) in [5, 5.41) is 6.11. The summed E-state index contributed by atoms with van der Waals surface area (Å²) in [6, 6.07) is 6.78. The lowest BCUT2D eigenvalue weighted by molar-refractivity contribution is -0.148. The topological polar surface area (TPSA) is 156 Å². The van der Waals surface area contributed by atoms with E-state index in [0.717, 1.165) is 12.0 Å². The maximum Gasteiger partial charge on any atom is 0.245 e. The van der Waals surface area contributed by atoms with Gasteiger partial charge in [0.2, 0.25) is 23.6 Å². The molecule has 0 radical (unpaired) electrons. The molecule has 11 atom stereocenters. The first kappa shape index (κ1) is 47.1. The summed E-state index contributed by atoms with van der Waals surface area (Å²) in [6.45, 7) is 15.9. The van der Waals surface area contributed by atoms with Crippen molar-refractivity contribution in [3.63, 3.8) is 0 Å². The number of nitrogens with two attached hydrogens (primary N) is 1. The number of hydrogen-bond donors (Lipinski definition) is 3. The number of methoxy groups -OCH3 is 3. The number of amides is 4. The van der Waals surface area contributed by atoms with Crippen LogP contribution in [0.4, 0.5) is 0 Å². The van der Waals surface area contributed by atoms with E-state index in [0.29, 0.717) is 13.0 Å². The number of ether oxygens (including phenoxy) is 3. The van der Waals surface area contributed by atoms with Gasteiger partial charge in [-0.15, -0.1) is 0 Å². The first-order valence-electron chi connectivity index (χ1n) is 19.6. The molecule has 1 aliphatic heterocycles. The minimum Gasteiger partial charge on any atom is -0.380 e. The molecule has 1 fully saturated rings. The lowest BCUT2D eigenvalue weighted by Crippen LogP contribution is -2.59. The van der Waals surface area contributed by atoms with Crippen LogP contribution in [-0.2, 0) is 33.4 Å². The summed E-state index contributed by atoms with van der Waals surface area (Å²) in [4.78, 5) is 61.0. The molecule has 0 saturated carbocycles. The van der Waals surface area contributed by atoms with Crippen LogP contribution in [-0.4, -0.2) is 136 Å². The molecule has 0 spiro atoms. The highest BCUT2D eigenvalue weighted by molar-refractivity contribution is 5.90. The Morgan fingerprint density at radius 1 is 0.889 bits per heavy atom. The van der Waals surface area contributed by atoms with Gasteiger partial charge in [-0.1, -0.05) is 85.2 Å². The molecule has 13 nitrogen and oxygen atoms in total. The van der Waals surface area contributed by atoms with Crippen molar-refractivity contribution >= 4 is 23.6 Å². The Balaban J connectivity index is 2.33. The predicted molar refractivity (Wildman–Crippen MR) is 212 cm³/mol. The van der Waals surface area contributed by atoms with Gasteiger partial charge in [0, 0.05) is 47.0 Å². The zero-order chi connectivity index (χ0) is 41.0. The van der Waals surface area contributed by atoms with E-state index in [1.807, 2.05) is 97.8 Å². The van der Waals surface area contributed by atoms with Gasteiger partial charge in [-0.25, -0.2) is 0 Å². The highest BCUT2D eigenvalue weighted by atomic mass is 16.5. The minimum atomic E-state index is -0.769. The fourth-order valence-electron chi connectivity index (χ4n) is 7.97. The Morgan fingerprint density at radius 3 is 1.98 bits per heavy atom. The smallest absolute Gasteiger partial charge is 0.245 e. The second kappa shape index (κ2) is 21.8. The van der Waals surface area contributed by atoms with Crippen molar-refractivity contribution in [2.24, 2.45) is 29.4 Å². The molecule has 1 aliphatic rings. The molecule has 3 unspecified atom stereocenters. The first-order chi connectivity index (χ1) is 25.4. The Labute approximate surface area is 325 Å². The number of nitrogens with one attached hydrogen (secondary N) is 2. The van der Waals surface area contributed by atoms with Crippen LogP contribution in [0.2, 0.25) is 0 Å². The molecule has 308 valence electrons. The molecule has 54 heavy (non-hydrogen) atoms. The molecule has 4 amide bonds. The predicted octanol–water partition coefficient (Wildman–Crippen LogP) is 3.46. The third kappa shape index (κ3) is 11.9. The number of carbonyl (C=O) groups excluding carboxylic acids is 4. The number of rotatable bonds is 21. The fourth-order valence-corrected chi connectivity index (χ4v) is 7.97. The van der Waals surface area contributed by atoms with Crippen LogP contribution in [0, 0.1) is 23.7 Å². The minimum absolute atomic E-state index is 0.00913. The van der Waals surface area contributed by atoms with Crippen LogP contribution < -0.4 is 16.4 Å². The van der Waals surface area contributed by atoms with Gasteiger partial charge in [0.15, 0.2) is 0 Å². The average molecular weight is 761 g/mol. The molecule has 0 aromatic heterocycles. The lowest BCUT2D eigenvalue weighted by atomic mass is 9.89. The van der Waals surface area contributed by atoms with Crippen molar-refractivity contribution in [2.75, 3.05) is 49.0 Å². The van der Waals surface area contributed by atoms with Gasteiger partial charge in [0.1, 0.15) is 6.04 Å². The van der Waals surface area contributed by atoms with Gasteiger partial charge >= 0.3 is 0 Å². The highest BCUT2D eigenvalue weighted by Crippen LogP contribution is 2.31. The fraction of sp³-hybridized carbons (Fsp3) is 0.756. The van der Waals surface area contributed by atoms with E-state index in [1.165, 1.54) is 0 Å². The molecule has 0 bridgehead atoms. The van der Waals surface area contributed by atoms with Crippen LogP contribution in [0.5, 0.6) is 0 Å².